The highest BCUT2D eigenvalue weighted by atomic mass is 127. The molecule has 0 spiro atoms. The van der Waals surface area contributed by atoms with Crippen LogP contribution >= 0.6 is 22.6 Å². The average Bonchev–Trinajstić information content (AvgIpc) is 2.52. The molecule has 0 aliphatic heterocycles. The van der Waals surface area contributed by atoms with E-state index >= 15 is 0 Å². The van der Waals surface area contributed by atoms with E-state index in [9.17, 15) is 9.18 Å². The molecule has 0 unspecified atom stereocenters. The summed E-state index contributed by atoms with van der Waals surface area (Å²) in [4.78, 5) is 12.5. The fourth-order valence-electron chi connectivity index (χ4n) is 1.10. The predicted octanol–water partition coefficient (Wildman–Crippen LogP) is 3.69. The summed E-state index contributed by atoms with van der Waals surface area (Å²) in [7, 11) is 0. The first-order valence-corrected chi connectivity index (χ1v) is 5.32. The molecule has 17 heavy (non-hydrogen) atoms. The zero-order chi connectivity index (χ0) is 25.0. The van der Waals surface area contributed by atoms with Crippen LogP contribution in [0.3, 0.4) is 0 Å². The van der Waals surface area contributed by atoms with Crippen molar-refractivity contribution in [2.45, 2.75) is 39.4 Å². The smallest absolute Gasteiger partial charge is 0.255 e. The van der Waals surface area contributed by atoms with E-state index in [0.29, 0.717) is 6.07 Å². The Morgan fingerprint density at radius 2 is 2.00 bits per heavy atom. The fourth-order valence-corrected chi connectivity index (χ4v) is 1.66. The molecule has 0 aliphatic carbocycles. The minimum atomic E-state index is -4.20. The van der Waals surface area contributed by atoms with Crippen LogP contribution < -0.4 is 0 Å². The van der Waals surface area contributed by atoms with E-state index in [1.165, 1.54) is 22.6 Å². The average molecular weight is 363 g/mol. The van der Waals surface area contributed by atoms with Crippen LogP contribution in [0.5, 0.6) is 0 Å². The van der Waals surface area contributed by atoms with Crippen molar-refractivity contribution >= 4 is 28.5 Å². The first-order valence-electron chi connectivity index (χ1n) is 11.2. The van der Waals surface area contributed by atoms with E-state index in [0.717, 1.165) is 12.1 Å². The van der Waals surface area contributed by atoms with Crippen LogP contribution in [-0.4, -0.2) is 22.8 Å². The zero-order valence-corrected chi connectivity index (χ0v) is 10.5. The van der Waals surface area contributed by atoms with Crippen LogP contribution in [0.2, 0.25) is 0 Å². The number of carbonyl (C=O) groups excluding carboxylic acids is 1. The molecule has 0 fully saturated rings. The lowest BCUT2D eigenvalue weighted by molar-refractivity contribution is 0.0642. The van der Waals surface area contributed by atoms with Gasteiger partial charge in [-0.25, -0.2) is 4.39 Å². The molecule has 1 amide bonds. The maximum Gasteiger partial charge on any atom is 0.255 e. The number of rotatable bonds is 3. The number of hydrogen-bond donors (Lipinski definition) is 0. The number of halogens is 2. The van der Waals surface area contributed by atoms with Gasteiger partial charge < -0.3 is 4.90 Å². The van der Waals surface area contributed by atoms with Crippen LogP contribution in [0.4, 0.5) is 4.39 Å². The van der Waals surface area contributed by atoms with Crippen molar-refractivity contribution in [3.05, 3.63) is 33.1 Å². The van der Waals surface area contributed by atoms with Gasteiger partial charge in [0.15, 0.2) is 0 Å². The van der Waals surface area contributed by atoms with Crippen molar-refractivity contribution in [1.29, 1.82) is 0 Å². The van der Waals surface area contributed by atoms with Crippen LogP contribution in [0.1, 0.15) is 57.0 Å². The molecule has 4 heteroatoms. The van der Waals surface area contributed by atoms with Crippen molar-refractivity contribution < 1.29 is 28.4 Å². The quantitative estimate of drug-likeness (QED) is 0.750. The SMILES string of the molecule is [2H]C([2H])([2H])C([2H])(N(C(=O)c1cc(F)ccc1I)C([2H])(C([2H])([2H])[2H])C([2H])([2H])[2H])C([2H])([2H])[2H]. The second-order valence-corrected chi connectivity index (χ2v) is 4.12. The molecule has 1 aromatic rings. The number of nitrogens with zero attached hydrogens (tertiary/aromatic N) is 1. The Bertz CT molecular complexity index is 777. The number of amides is 1. The lowest BCUT2D eigenvalue weighted by Crippen LogP contribution is -2.42. The van der Waals surface area contributed by atoms with Crippen LogP contribution in [-0.2, 0) is 0 Å². The van der Waals surface area contributed by atoms with E-state index in [1.807, 2.05) is 0 Å². The van der Waals surface area contributed by atoms with Crippen molar-refractivity contribution in [3.8, 4) is 0 Å². The first kappa shape index (κ1) is 4.18. The molecular weight excluding hydrogens is 332 g/mol. The van der Waals surface area contributed by atoms with Gasteiger partial charge in [-0.15, -0.1) is 0 Å². The van der Waals surface area contributed by atoms with E-state index in [4.69, 9.17) is 19.2 Å². The largest absolute Gasteiger partial charge is 0.334 e. The van der Waals surface area contributed by atoms with Gasteiger partial charge in [0, 0.05) is 32.1 Å². The third-order valence-corrected chi connectivity index (χ3v) is 2.75. The number of hydrogen-bond acceptors (Lipinski definition) is 1. The Morgan fingerprint density at radius 3 is 2.53 bits per heavy atom. The molecule has 0 aromatic heterocycles. The molecule has 1 rings (SSSR count). The van der Waals surface area contributed by atoms with Gasteiger partial charge in [0.25, 0.3) is 5.91 Å². The van der Waals surface area contributed by atoms with Crippen molar-refractivity contribution in [1.82, 2.24) is 4.90 Å². The van der Waals surface area contributed by atoms with E-state index < -0.39 is 61.6 Å². The zero-order valence-electron chi connectivity index (χ0n) is 22.3. The van der Waals surface area contributed by atoms with E-state index in [-0.39, 0.29) is 3.57 Å². The lowest BCUT2D eigenvalue weighted by Gasteiger charge is -2.31. The molecule has 94 valence electrons. The molecule has 0 bridgehead atoms. The molecule has 0 atom stereocenters. The topological polar surface area (TPSA) is 20.3 Å². The third kappa shape index (κ3) is 3.40. The van der Waals surface area contributed by atoms with Crippen LogP contribution in [0.25, 0.3) is 0 Å². The molecule has 0 saturated carbocycles. The predicted molar refractivity (Wildman–Crippen MR) is 75.6 cm³/mol. The summed E-state index contributed by atoms with van der Waals surface area (Å²) in [5, 5.41) is 0. The van der Waals surface area contributed by atoms with Gasteiger partial charge in [-0.1, -0.05) is 0 Å². The summed E-state index contributed by atoms with van der Waals surface area (Å²) in [6.45, 7) is -16.0. The fraction of sp³-hybridized carbons (Fsp3) is 0.462. The molecule has 1 aromatic carbocycles. The van der Waals surface area contributed by atoms with Crippen molar-refractivity contribution in [3.63, 3.8) is 0 Å². The normalized spacial score (nSPS) is 27.4. The summed E-state index contributed by atoms with van der Waals surface area (Å²) < 4.78 is 121. The number of benzene rings is 1. The van der Waals surface area contributed by atoms with Gasteiger partial charge >= 0.3 is 0 Å². The highest BCUT2D eigenvalue weighted by Gasteiger charge is 2.23. The van der Waals surface area contributed by atoms with E-state index in [2.05, 4.69) is 0 Å². The minimum Gasteiger partial charge on any atom is -0.334 e. The highest BCUT2D eigenvalue weighted by Crippen LogP contribution is 2.18. The molecular formula is C13H17FINO. The molecule has 0 radical (unpaired) electrons. The maximum atomic E-state index is 13.8. The molecule has 2 nitrogen and oxygen atoms in total. The van der Waals surface area contributed by atoms with Gasteiger partial charge in [-0.05, 0) is 68.2 Å². The Morgan fingerprint density at radius 1 is 1.41 bits per heavy atom. The minimum absolute atomic E-state index is 0.133. The first-order chi connectivity index (χ1) is 13.4. The molecule has 0 N–H and O–H groups in total. The van der Waals surface area contributed by atoms with Gasteiger partial charge in [0.1, 0.15) is 5.82 Å². The molecule has 0 aliphatic rings. The van der Waals surface area contributed by atoms with Gasteiger partial charge in [-0.3, -0.25) is 4.79 Å². The Kier molecular flexibility index (Phi) is 1.43. The summed E-state index contributed by atoms with van der Waals surface area (Å²) in [6.07, 6.45) is 0. The van der Waals surface area contributed by atoms with Crippen LogP contribution in [0, 0.1) is 9.39 Å². The van der Waals surface area contributed by atoms with Gasteiger partial charge in [-0.2, -0.15) is 0 Å². The van der Waals surface area contributed by atoms with Crippen LogP contribution in [0.15, 0.2) is 18.2 Å². The summed E-state index contributed by atoms with van der Waals surface area (Å²) in [5.74, 6) is -2.99. The standard InChI is InChI=1S/C13H17FINO/c1-8(2)16(9(3)4)13(17)11-7-10(14)5-6-12(11)15/h5-9H,1-4H3/i1D3,2D3,3D3,4D3,8D,9D. The third-order valence-electron chi connectivity index (χ3n) is 1.81. The van der Waals surface area contributed by atoms with Gasteiger partial charge in [0.2, 0.25) is 0 Å². The lowest BCUT2D eigenvalue weighted by atomic mass is 10.1. The summed E-state index contributed by atoms with van der Waals surface area (Å²) >= 11 is 1.47. The summed E-state index contributed by atoms with van der Waals surface area (Å²) in [6, 6.07) is -6.01. The molecule has 0 saturated heterocycles. The second kappa shape index (κ2) is 5.80. The van der Waals surface area contributed by atoms with E-state index in [1.54, 1.807) is 0 Å². The molecule has 0 heterocycles. The Labute approximate surface area is 135 Å². The highest BCUT2D eigenvalue weighted by molar-refractivity contribution is 14.1. The van der Waals surface area contributed by atoms with Crippen molar-refractivity contribution in [2.24, 2.45) is 0 Å². The second-order valence-electron chi connectivity index (χ2n) is 2.96. The summed E-state index contributed by atoms with van der Waals surface area (Å²) in [5.41, 5.74) is -0.809. The monoisotopic (exact) mass is 363 g/mol. The Hall–Kier alpha value is -0.650. The van der Waals surface area contributed by atoms with Gasteiger partial charge in [0.05, 0.1) is 8.30 Å². The maximum absolute atomic E-state index is 13.8. The Balaban J connectivity index is 4.23. The van der Waals surface area contributed by atoms with Crippen molar-refractivity contribution in [2.75, 3.05) is 0 Å². The number of carbonyl (C=O) groups is 1.